The molecule has 0 unspecified atom stereocenters. The summed E-state index contributed by atoms with van der Waals surface area (Å²) in [5.41, 5.74) is -0.820. The predicted molar refractivity (Wildman–Crippen MR) is 74.4 cm³/mol. The zero-order valence-corrected chi connectivity index (χ0v) is 12.8. The highest BCUT2D eigenvalue weighted by atomic mass is 35.5. The third kappa shape index (κ3) is 3.61. The summed E-state index contributed by atoms with van der Waals surface area (Å²) in [4.78, 5) is 16.7. The van der Waals surface area contributed by atoms with E-state index in [1.165, 1.54) is 17.2 Å². The van der Waals surface area contributed by atoms with Gasteiger partial charge in [-0.1, -0.05) is 11.6 Å². The highest BCUT2D eigenvalue weighted by Gasteiger charge is 2.50. The number of halogens is 3. The van der Waals surface area contributed by atoms with Crippen molar-refractivity contribution in [3.8, 4) is 0 Å². The third-order valence-corrected chi connectivity index (χ3v) is 3.36. The lowest BCUT2D eigenvalue weighted by atomic mass is 9.89. The number of nitrogens with zero attached hydrogens (tertiary/aromatic N) is 2. The average Bonchev–Trinajstić information content (AvgIpc) is 2.23. The SMILES string of the molecule is CC(C)(C)OC(=O)N1CC(C(F)(F)c2ccnc(Cl)c2)C1. The van der Waals surface area contributed by atoms with E-state index in [9.17, 15) is 13.6 Å². The Hall–Kier alpha value is -1.43. The molecule has 1 aliphatic rings. The molecular formula is C14H17ClF2N2O2. The van der Waals surface area contributed by atoms with E-state index < -0.39 is 23.5 Å². The highest BCUT2D eigenvalue weighted by molar-refractivity contribution is 6.29. The minimum absolute atomic E-state index is 0.0236. The van der Waals surface area contributed by atoms with Gasteiger partial charge >= 0.3 is 6.09 Å². The second-order valence-corrected chi connectivity index (χ2v) is 6.46. The lowest BCUT2D eigenvalue weighted by molar-refractivity contribution is -0.121. The first-order chi connectivity index (χ1) is 9.59. The fraction of sp³-hybridized carbons (Fsp3) is 0.571. The number of hydrogen-bond donors (Lipinski definition) is 0. The lowest BCUT2D eigenvalue weighted by Gasteiger charge is -2.43. The molecule has 4 nitrogen and oxygen atoms in total. The highest BCUT2D eigenvalue weighted by Crippen LogP contribution is 2.41. The van der Waals surface area contributed by atoms with Gasteiger partial charge in [0.05, 0.1) is 5.92 Å². The molecule has 0 atom stereocenters. The first-order valence-electron chi connectivity index (χ1n) is 6.57. The van der Waals surface area contributed by atoms with Crippen molar-refractivity contribution in [3.05, 3.63) is 29.0 Å². The van der Waals surface area contributed by atoms with E-state index in [-0.39, 0.29) is 23.8 Å². The second-order valence-electron chi connectivity index (χ2n) is 6.07. The molecule has 1 aromatic heterocycles. The molecule has 0 aromatic carbocycles. The number of pyridine rings is 1. The minimum Gasteiger partial charge on any atom is -0.444 e. The number of rotatable bonds is 2. The van der Waals surface area contributed by atoms with E-state index in [1.54, 1.807) is 20.8 Å². The van der Waals surface area contributed by atoms with Crippen molar-refractivity contribution in [2.24, 2.45) is 5.92 Å². The van der Waals surface area contributed by atoms with Crippen LogP contribution in [0.3, 0.4) is 0 Å². The number of alkyl halides is 2. The van der Waals surface area contributed by atoms with E-state index >= 15 is 0 Å². The fourth-order valence-electron chi connectivity index (χ4n) is 2.03. The van der Waals surface area contributed by atoms with Crippen molar-refractivity contribution < 1.29 is 18.3 Å². The molecule has 1 aliphatic heterocycles. The Morgan fingerprint density at radius 2 is 2.05 bits per heavy atom. The van der Waals surface area contributed by atoms with Crippen LogP contribution in [0, 0.1) is 5.92 Å². The van der Waals surface area contributed by atoms with Gasteiger partial charge in [0.1, 0.15) is 10.8 Å². The number of likely N-dealkylation sites (tertiary alicyclic amines) is 1. The van der Waals surface area contributed by atoms with Crippen LogP contribution in [0.5, 0.6) is 0 Å². The van der Waals surface area contributed by atoms with Crippen LogP contribution in [0.2, 0.25) is 5.15 Å². The normalized spacial score (nSPS) is 16.6. The molecule has 2 rings (SSSR count). The van der Waals surface area contributed by atoms with Crippen LogP contribution in [0.1, 0.15) is 26.3 Å². The standard InChI is InChI=1S/C14H17ClF2N2O2/c1-13(2,3)21-12(20)19-7-10(8-19)14(16,17)9-4-5-18-11(15)6-9/h4-6,10H,7-8H2,1-3H3. The van der Waals surface area contributed by atoms with Crippen molar-refractivity contribution >= 4 is 17.7 Å². The molecule has 2 heterocycles. The smallest absolute Gasteiger partial charge is 0.410 e. The Kier molecular flexibility index (Phi) is 4.10. The number of carbonyl (C=O) groups is 1. The van der Waals surface area contributed by atoms with Gasteiger partial charge in [-0.25, -0.2) is 18.6 Å². The van der Waals surface area contributed by atoms with Gasteiger partial charge in [0.2, 0.25) is 0 Å². The zero-order valence-electron chi connectivity index (χ0n) is 12.1. The number of hydrogen-bond acceptors (Lipinski definition) is 3. The average molecular weight is 319 g/mol. The van der Waals surface area contributed by atoms with Crippen LogP contribution < -0.4 is 0 Å². The summed E-state index contributed by atoms with van der Waals surface area (Å²) in [6.07, 6.45) is 0.679. The summed E-state index contributed by atoms with van der Waals surface area (Å²) in [5.74, 6) is -3.99. The largest absolute Gasteiger partial charge is 0.444 e. The number of carbonyl (C=O) groups excluding carboxylic acids is 1. The topological polar surface area (TPSA) is 42.4 Å². The molecule has 7 heteroatoms. The first-order valence-corrected chi connectivity index (χ1v) is 6.95. The van der Waals surface area contributed by atoms with Gasteiger partial charge in [-0.3, -0.25) is 0 Å². The Morgan fingerprint density at radius 3 is 2.57 bits per heavy atom. The predicted octanol–water partition coefficient (Wildman–Crippen LogP) is 3.69. The van der Waals surface area contributed by atoms with Crippen molar-refractivity contribution in [2.45, 2.75) is 32.3 Å². The number of ether oxygens (including phenoxy) is 1. The van der Waals surface area contributed by atoms with Gasteiger partial charge in [0.15, 0.2) is 0 Å². The lowest BCUT2D eigenvalue weighted by Crippen LogP contribution is -2.56. The quantitative estimate of drug-likeness (QED) is 0.781. The Morgan fingerprint density at radius 1 is 1.43 bits per heavy atom. The Balaban J connectivity index is 1.99. The fourth-order valence-corrected chi connectivity index (χ4v) is 2.20. The molecule has 0 spiro atoms. The van der Waals surface area contributed by atoms with Crippen LogP contribution in [0.25, 0.3) is 0 Å². The molecule has 1 fully saturated rings. The first kappa shape index (κ1) is 15.9. The maximum absolute atomic E-state index is 14.3. The molecule has 0 N–H and O–H groups in total. The van der Waals surface area contributed by atoms with Gasteiger partial charge in [-0.15, -0.1) is 0 Å². The third-order valence-electron chi connectivity index (χ3n) is 3.16. The summed E-state index contributed by atoms with van der Waals surface area (Å²) in [6, 6.07) is 2.39. The zero-order chi connectivity index (χ0) is 15.8. The van der Waals surface area contributed by atoms with Gasteiger partial charge in [0, 0.05) is 24.8 Å². The summed E-state index contributed by atoms with van der Waals surface area (Å²) < 4.78 is 33.7. The van der Waals surface area contributed by atoms with Crippen LogP contribution >= 0.6 is 11.6 Å². The van der Waals surface area contributed by atoms with Crippen molar-refractivity contribution in [1.29, 1.82) is 0 Å². The van der Waals surface area contributed by atoms with Crippen LogP contribution in [0.4, 0.5) is 13.6 Å². The van der Waals surface area contributed by atoms with E-state index in [0.29, 0.717) is 0 Å². The summed E-state index contributed by atoms with van der Waals surface area (Å²) in [7, 11) is 0. The monoisotopic (exact) mass is 318 g/mol. The maximum Gasteiger partial charge on any atom is 0.410 e. The molecule has 1 amide bonds. The van der Waals surface area contributed by atoms with Crippen LogP contribution in [-0.4, -0.2) is 34.7 Å². The maximum atomic E-state index is 14.3. The molecule has 1 aromatic rings. The summed E-state index contributed by atoms with van der Waals surface area (Å²) in [5, 5.41) is 0.0236. The van der Waals surface area contributed by atoms with E-state index in [2.05, 4.69) is 4.98 Å². The van der Waals surface area contributed by atoms with Crippen molar-refractivity contribution in [2.75, 3.05) is 13.1 Å². The summed E-state index contributed by atoms with van der Waals surface area (Å²) >= 11 is 5.64. The molecule has 21 heavy (non-hydrogen) atoms. The molecule has 1 saturated heterocycles. The molecule has 0 bridgehead atoms. The molecule has 0 radical (unpaired) electrons. The van der Waals surface area contributed by atoms with Gasteiger partial charge < -0.3 is 9.64 Å². The minimum atomic E-state index is -3.05. The van der Waals surface area contributed by atoms with Crippen molar-refractivity contribution in [3.63, 3.8) is 0 Å². The van der Waals surface area contributed by atoms with Crippen LogP contribution in [0.15, 0.2) is 18.3 Å². The number of amides is 1. The Labute approximate surface area is 127 Å². The molecule has 0 saturated carbocycles. The van der Waals surface area contributed by atoms with E-state index in [1.807, 2.05) is 0 Å². The molecule has 116 valence electrons. The number of aromatic nitrogens is 1. The van der Waals surface area contributed by atoms with E-state index in [4.69, 9.17) is 16.3 Å². The van der Waals surface area contributed by atoms with Crippen LogP contribution in [-0.2, 0) is 10.7 Å². The summed E-state index contributed by atoms with van der Waals surface area (Å²) in [6.45, 7) is 5.12. The van der Waals surface area contributed by atoms with E-state index in [0.717, 1.165) is 6.07 Å². The van der Waals surface area contributed by atoms with Crippen molar-refractivity contribution in [1.82, 2.24) is 9.88 Å². The van der Waals surface area contributed by atoms with Gasteiger partial charge in [0.25, 0.3) is 5.92 Å². The second kappa shape index (κ2) is 5.40. The molecular weight excluding hydrogens is 302 g/mol. The molecule has 0 aliphatic carbocycles. The van der Waals surface area contributed by atoms with Gasteiger partial charge in [-0.2, -0.15) is 0 Å². The van der Waals surface area contributed by atoms with Gasteiger partial charge in [-0.05, 0) is 32.9 Å². The Bertz CT molecular complexity index is 540.